The Morgan fingerprint density at radius 2 is 0.534 bits per heavy atom. The predicted octanol–water partition coefficient (Wildman–Crippen LogP) is 16.4. The summed E-state index contributed by atoms with van der Waals surface area (Å²) in [5, 5.41) is 15.9. The van der Waals surface area contributed by atoms with Crippen molar-refractivity contribution in [1.29, 1.82) is 0 Å². The molecular formula is C58H38. The summed E-state index contributed by atoms with van der Waals surface area (Å²) in [6, 6.07) is 72.5. The van der Waals surface area contributed by atoms with Gasteiger partial charge < -0.3 is 0 Å². The number of rotatable bonds is 5. The summed E-state index contributed by atoms with van der Waals surface area (Å²) in [4.78, 5) is 0. The van der Waals surface area contributed by atoms with Gasteiger partial charge >= 0.3 is 0 Å². The molecule has 12 aromatic rings. The highest BCUT2D eigenvalue weighted by molar-refractivity contribution is 6.26. The van der Waals surface area contributed by atoms with Crippen LogP contribution in [0.25, 0.3) is 120 Å². The molecule has 0 saturated heterocycles. The number of benzene rings is 12. The van der Waals surface area contributed by atoms with E-state index in [1.807, 2.05) is 0 Å². The van der Waals surface area contributed by atoms with Gasteiger partial charge in [-0.25, -0.2) is 0 Å². The maximum atomic E-state index is 2.37. The second kappa shape index (κ2) is 12.6. The highest BCUT2D eigenvalue weighted by atomic mass is 14.2. The first-order valence-corrected chi connectivity index (χ1v) is 20.3. The van der Waals surface area contributed by atoms with Crippen LogP contribution in [-0.4, -0.2) is 0 Å². The molecule has 0 heteroatoms. The molecule has 0 aliphatic carbocycles. The molecule has 0 amide bonds. The lowest BCUT2D eigenvalue weighted by Gasteiger charge is -2.16. The Balaban J connectivity index is 0.815. The van der Waals surface area contributed by atoms with Crippen molar-refractivity contribution in [2.24, 2.45) is 0 Å². The van der Waals surface area contributed by atoms with Gasteiger partial charge in [0.15, 0.2) is 0 Å². The Morgan fingerprint density at radius 3 is 1.00 bits per heavy atom. The molecule has 0 unspecified atom stereocenters. The normalized spacial score (nSPS) is 12.0. The molecule has 0 aliphatic rings. The van der Waals surface area contributed by atoms with Gasteiger partial charge in [-0.3, -0.25) is 0 Å². The van der Waals surface area contributed by atoms with Crippen LogP contribution in [0, 0.1) is 13.8 Å². The van der Waals surface area contributed by atoms with Crippen LogP contribution in [0.1, 0.15) is 11.1 Å². The third-order valence-electron chi connectivity index (χ3n) is 12.9. The second-order valence-electron chi connectivity index (χ2n) is 16.2. The zero-order chi connectivity index (χ0) is 38.5. The standard InChI is InChI=1S/C58H38/c1-35-33-47(25-27-49(35)50-28-26-48(34-36(50)2)52-30-22-46-20-18-42-6-4-8-44-24-32-54(52)58(46)56(42)44)39-11-9-37(10-12-39)38-13-15-40(16-14-38)51-29-21-45-19-17-41-5-3-7-43-23-31-53(51)57(45)55(41)43/h3-34H,1-2H3. The van der Waals surface area contributed by atoms with Crippen molar-refractivity contribution in [3.63, 3.8) is 0 Å². The lowest BCUT2D eigenvalue weighted by molar-refractivity contribution is 1.41. The Morgan fingerprint density at radius 1 is 0.224 bits per heavy atom. The topological polar surface area (TPSA) is 0 Å². The fraction of sp³-hybridized carbons (Fsp3) is 0.0345. The van der Waals surface area contributed by atoms with Crippen molar-refractivity contribution in [3.8, 4) is 55.6 Å². The van der Waals surface area contributed by atoms with Gasteiger partial charge in [0.1, 0.15) is 0 Å². The van der Waals surface area contributed by atoms with Crippen molar-refractivity contribution >= 4 is 64.6 Å². The number of hydrogen-bond donors (Lipinski definition) is 0. The first-order valence-electron chi connectivity index (χ1n) is 20.3. The molecule has 0 heterocycles. The fourth-order valence-electron chi connectivity index (χ4n) is 9.95. The van der Waals surface area contributed by atoms with Gasteiger partial charge in [-0.1, -0.05) is 194 Å². The molecule has 0 saturated carbocycles. The zero-order valence-corrected chi connectivity index (χ0v) is 32.5. The first kappa shape index (κ1) is 32.9. The van der Waals surface area contributed by atoms with E-state index in [0.717, 1.165) is 0 Å². The number of aryl methyl sites for hydroxylation is 2. The first-order chi connectivity index (χ1) is 28.6. The average Bonchev–Trinajstić information content (AvgIpc) is 3.27. The maximum absolute atomic E-state index is 2.37. The van der Waals surface area contributed by atoms with Gasteiger partial charge in [-0.15, -0.1) is 0 Å². The number of hydrogen-bond acceptors (Lipinski definition) is 0. The molecule has 12 aromatic carbocycles. The van der Waals surface area contributed by atoms with E-state index < -0.39 is 0 Å². The van der Waals surface area contributed by atoms with Crippen molar-refractivity contribution in [1.82, 2.24) is 0 Å². The lowest BCUT2D eigenvalue weighted by Crippen LogP contribution is -1.91. The third-order valence-corrected chi connectivity index (χ3v) is 12.9. The van der Waals surface area contributed by atoms with Crippen LogP contribution in [0.5, 0.6) is 0 Å². The van der Waals surface area contributed by atoms with Gasteiger partial charge in [0.05, 0.1) is 0 Å². The minimum Gasteiger partial charge on any atom is -0.0610 e. The summed E-state index contributed by atoms with van der Waals surface area (Å²) >= 11 is 0. The SMILES string of the molecule is Cc1cc(-c2ccc(-c3ccc(-c4ccc5ccc6cccc7ccc4c5c67)cc3)cc2)ccc1-c1ccc(-c2ccc3ccc4cccc5ccc2c3c45)cc1C. The summed E-state index contributed by atoms with van der Waals surface area (Å²) in [6.45, 7) is 4.49. The molecule has 0 atom stereocenters. The Labute approximate surface area is 337 Å². The minimum atomic E-state index is 1.22. The fourth-order valence-corrected chi connectivity index (χ4v) is 9.95. The molecule has 0 N–H and O–H groups in total. The highest BCUT2D eigenvalue weighted by Gasteiger charge is 2.15. The van der Waals surface area contributed by atoms with Crippen LogP contribution in [-0.2, 0) is 0 Å². The molecular weight excluding hydrogens is 697 g/mol. The molecule has 0 aromatic heterocycles. The molecule has 0 radical (unpaired) electrons. The van der Waals surface area contributed by atoms with Crippen molar-refractivity contribution in [3.05, 3.63) is 205 Å². The van der Waals surface area contributed by atoms with Crippen molar-refractivity contribution < 1.29 is 0 Å². The van der Waals surface area contributed by atoms with Gasteiger partial charge in [-0.2, -0.15) is 0 Å². The summed E-state index contributed by atoms with van der Waals surface area (Å²) in [7, 11) is 0. The Bertz CT molecular complexity index is 3520. The molecule has 12 rings (SSSR count). The largest absolute Gasteiger partial charge is 0.0610 e. The van der Waals surface area contributed by atoms with Crippen LogP contribution < -0.4 is 0 Å². The van der Waals surface area contributed by atoms with Crippen molar-refractivity contribution in [2.45, 2.75) is 13.8 Å². The van der Waals surface area contributed by atoms with E-state index >= 15 is 0 Å². The smallest absolute Gasteiger partial charge is 0.00206 e. The van der Waals surface area contributed by atoms with Crippen molar-refractivity contribution in [2.75, 3.05) is 0 Å². The van der Waals surface area contributed by atoms with Crippen LogP contribution in [0.2, 0.25) is 0 Å². The van der Waals surface area contributed by atoms with E-state index in [1.54, 1.807) is 0 Å². The molecule has 270 valence electrons. The van der Waals surface area contributed by atoms with Crippen LogP contribution in [0.3, 0.4) is 0 Å². The van der Waals surface area contributed by atoms with Gasteiger partial charge in [0.25, 0.3) is 0 Å². The predicted molar refractivity (Wildman–Crippen MR) is 251 cm³/mol. The summed E-state index contributed by atoms with van der Waals surface area (Å²) < 4.78 is 0. The van der Waals surface area contributed by atoms with Gasteiger partial charge in [0.2, 0.25) is 0 Å². The molecule has 58 heavy (non-hydrogen) atoms. The highest BCUT2D eigenvalue weighted by Crippen LogP contribution is 2.42. The Hall–Kier alpha value is -7.28. The summed E-state index contributed by atoms with van der Waals surface area (Å²) in [5.41, 5.74) is 15.1. The monoisotopic (exact) mass is 734 g/mol. The van der Waals surface area contributed by atoms with Gasteiger partial charge in [-0.05, 0) is 145 Å². The molecule has 0 aliphatic heterocycles. The molecule has 0 spiro atoms. The van der Waals surface area contributed by atoms with E-state index in [4.69, 9.17) is 0 Å². The minimum absolute atomic E-state index is 1.22. The van der Waals surface area contributed by atoms with Crippen LogP contribution in [0.15, 0.2) is 194 Å². The second-order valence-corrected chi connectivity index (χ2v) is 16.2. The maximum Gasteiger partial charge on any atom is -0.00206 e. The summed E-state index contributed by atoms with van der Waals surface area (Å²) in [5.74, 6) is 0. The van der Waals surface area contributed by atoms with Crippen LogP contribution >= 0.6 is 0 Å². The zero-order valence-electron chi connectivity index (χ0n) is 32.5. The molecule has 0 fully saturated rings. The Kier molecular flexibility index (Phi) is 7.16. The van der Waals surface area contributed by atoms with E-state index in [9.17, 15) is 0 Å². The quantitative estimate of drug-likeness (QED) is 0.154. The molecule has 0 bridgehead atoms. The van der Waals surface area contributed by atoms with E-state index in [0.29, 0.717) is 0 Å². The lowest BCUT2D eigenvalue weighted by atomic mass is 9.88. The van der Waals surface area contributed by atoms with Crippen LogP contribution in [0.4, 0.5) is 0 Å². The third kappa shape index (κ3) is 5.02. The van der Waals surface area contributed by atoms with E-state index in [-0.39, 0.29) is 0 Å². The average molecular weight is 735 g/mol. The van der Waals surface area contributed by atoms with E-state index in [2.05, 4.69) is 208 Å². The van der Waals surface area contributed by atoms with E-state index in [1.165, 1.54) is 131 Å². The van der Waals surface area contributed by atoms with Gasteiger partial charge in [0, 0.05) is 0 Å². The summed E-state index contributed by atoms with van der Waals surface area (Å²) in [6.07, 6.45) is 0. The molecule has 0 nitrogen and oxygen atoms in total.